The first-order valence-electron chi connectivity index (χ1n) is 8.16. The summed E-state index contributed by atoms with van der Waals surface area (Å²) in [7, 11) is 2.12. The van der Waals surface area contributed by atoms with Gasteiger partial charge in [-0.15, -0.1) is 12.4 Å². The average molecular weight is 407 g/mol. The number of hydrogen-bond acceptors (Lipinski definition) is 3. The van der Waals surface area contributed by atoms with Gasteiger partial charge < -0.3 is 4.90 Å². The Morgan fingerprint density at radius 3 is 2.69 bits per heavy atom. The Morgan fingerprint density at radius 2 is 1.92 bits per heavy atom. The Hall–Kier alpha value is -1.65. The number of benzene rings is 2. The van der Waals surface area contributed by atoms with Gasteiger partial charge in [-0.05, 0) is 54.1 Å². The van der Waals surface area contributed by atoms with E-state index in [0.717, 1.165) is 34.9 Å². The Bertz CT molecular complexity index is 915. The van der Waals surface area contributed by atoms with E-state index in [0.29, 0.717) is 5.02 Å². The number of aromatic nitrogens is 2. The quantitative estimate of drug-likeness (QED) is 0.566. The largest absolute Gasteiger partial charge is 0.301 e. The molecule has 0 bridgehead atoms. The van der Waals surface area contributed by atoms with Gasteiger partial charge in [0.25, 0.3) is 0 Å². The predicted octanol–water partition coefficient (Wildman–Crippen LogP) is 5.45. The van der Waals surface area contributed by atoms with Crippen LogP contribution in [0.3, 0.4) is 0 Å². The van der Waals surface area contributed by atoms with Crippen LogP contribution >= 0.6 is 35.6 Å². The summed E-state index contributed by atoms with van der Waals surface area (Å²) in [6.07, 6.45) is 1.68. The van der Waals surface area contributed by atoms with Crippen LogP contribution in [0.1, 0.15) is 22.6 Å². The van der Waals surface area contributed by atoms with Crippen LogP contribution in [0, 0.1) is 0 Å². The van der Waals surface area contributed by atoms with Crippen LogP contribution in [0.2, 0.25) is 10.0 Å². The van der Waals surface area contributed by atoms with Crippen molar-refractivity contribution in [1.29, 1.82) is 0 Å². The molecule has 3 nitrogen and oxygen atoms in total. The maximum atomic E-state index is 6.46. The van der Waals surface area contributed by atoms with E-state index < -0.39 is 0 Å². The van der Waals surface area contributed by atoms with Crippen LogP contribution in [-0.4, -0.2) is 28.7 Å². The molecule has 0 spiro atoms. The van der Waals surface area contributed by atoms with Crippen molar-refractivity contribution in [2.75, 3.05) is 13.6 Å². The lowest BCUT2D eigenvalue weighted by atomic mass is 9.84. The first kappa shape index (κ1) is 19.1. The van der Waals surface area contributed by atoms with Crippen molar-refractivity contribution in [2.24, 2.45) is 0 Å². The van der Waals surface area contributed by atoms with E-state index in [1.54, 1.807) is 6.20 Å². The first-order chi connectivity index (χ1) is 12.1. The molecule has 0 radical (unpaired) electrons. The van der Waals surface area contributed by atoms with Gasteiger partial charge in [0.1, 0.15) is 0 Å². The Labute approximate surface area is 169 Å². The van der Waals surface area contributed by atoms with Gasteiger partial charge in [-0.3, -0.25) is 0 Å². The summed E-state index contributed by atoms with van der Waals surface area (Å²) in [6, 6.07) is 16.2. The van der Waals surface area contributed by atoms with Crippen molar-refractivity contribution in [1.82, 2.24) is 15.1 Å². The minimum Gasteiger partial charge on any atom is -0.301 e. The van der Waals surface area contributed by atoms with Crippen molar-refractivity contribution >= 4 is 35.6 Å². The minimum absolute atomic E-state index is 0. The maximum absolute atomic E-state index is 6.46. The number of nitrogens with zero attached hydrogens (tertiary/aromatic N) is 3. The van der Waals surface area contributed by atoms with E-state index in [9.17, 15) is 0 Å². The topological polar surface area (TPSA) is 29.0 Å². The van der Waals surface area contributed by atoms with Crippen LogP contribution in [0.4, 0.5) is 0 Å². The summed E-state index contributed by atoms with van der Waals surface area (Å²) in [5.41, 5.74) is 5.54. The zero-order chi connectivity index (χ0) is 17.4. The SMILES string of the molecule is CN1Cc2c(Cl)cc(Cl)cc2[C@H](c2cccc(-c3cccnn3)c2)C1.Cl. The number of fused-ring (bicyclic) bond motifs is 1. The number of likely N-dealkylation sites (N-methyl/N-ethyl adjacent to an activating group) is 1. The van der Waals surface area contributed by atoms with Crippen LogP contribution in [0.5, 0.6) is 0 Å². The predicted molar refractivity (Wildman–Crippen MR) is 109 cm³/mol. The lowest BCUT2D eigenvalue weighted by Crippen LogP contribution is -2.31. The number of halogens is 3. The van der Waals surface area contributed by atoms with Gasteiger partial charge >= 0.3 is 0 Å². The van der Waals surface area contributed by atoms with E-state index in [-0.39, 0.29) is 18.3 Å². The average Bonchev–Trinajstić information content (AvgIpc) is 2.63. The molecule has 0 unspecified atom stereocenters. The fraction of sp³-hybridized carbons (Fsp3) is 0.200. The fourth-order valence-electron chi connectivity index (χ4n) is 3.50. The lowest BCUT2D eigenvalue weighted by molar-refractivity contribution is 0.295. The summed E-state index contributed by atoms with van der Waals surface area (Å²) >= 11 is 12.7. The summed E-state index contributed by atoms with van der Waals surface area (Å²) in [6.45, 7) is 1.76. The summed E-state index contributed by atoms with van der Waals surface area (Å²) in [5, 5.41) is 9.63. The molecule has 0 saturated carbocycles. The molecule has 134 valence electrons. The summed E-state index contributed by atoms with van der Waals surface area (Å²) in [4.78, 5) is 2.29. The lowest BCUT2D eigenvalue weighted by Gasteiger charge is -2.33. The van der Waals surface area contributed by atoms with Crippen molar-refractivity contribution in [2.45, 2.75) is 12.5 Å². The number of rotatable bonds is 2. The van der Waals surface area contributed by atoms with E-state index in [2.05, 4.69) is 52.5 Å². The van der Waals surface area contributed by atoms with Gasteiger partial charge in [-0.25, -0.2) is 0 Å². The molecular weight excluding hydrogens is 389 g/mol. The molecule has 1 aliphatic rings. The highest BCUT2D eigenvalue weighted by molar-refractivity contribution is 6.35. The van der Waals surface area contributed by atoms with Crippen LogP contribution in [0.15, 0.2) is 54.7 Å². The van der Waals surface area contributed by atoms with Crippen LogP contribution in [0.25, 0.3) is 11.3 Å². The molecule has 1 atom stereocenters. The van der Waals surface area contributed by atoms with Gasteiger partial charge in [0.15, 0.2) is 0 Å². The third-order valence-corrected chi connectivity index (χ3v) is 5.20. The van der Waals surface area contributed by atoms with Gasteiger partial charge in [0, 0.05) is 40.8 Å². The van der Waals surface area contributed by atoms with E-state index in [1.165, 1.54) is 11.1 Å². The number of hydrogen-bond donors (Lipinski definition) is 0. The Kier molecular flexibility index (Phi) is 5.83. The smallest absolute Gasteiger partial charge is 0.0929 e. The van der Waals surface area contributed by atoms with Crippen LogP contribution in [-0.2, 0) is 6.54 Å². The molecular formula is C20H18Cl3N3. The zero-order valence-electron chi connectivity index (χ0n) is 14.2. The second-order valence-corrected chi connectivity index (χ2v) is 7.28. The highest BCUT2D eigenvalue weighted by atomic mass is 35.5. The molecule has 6 heteroatoms. The molecule has 2 aromatic carbocycles. The van der Waals surface area contributed by atoms with E-state index in [4.69, 9.17) is 23.2 Å². The second kappa shape index (κ2) is 7.93. The third-order valence-electron chi connectivity index (χ3n) is 4.65. The van der Waals surface area contributed by atoms with E-state index >= 15 is 0 Å². The minimum atomic E-state index is 0. The molecule has 2 heterocycles. The molecule has 0 fully saturated rings. The third kappa shape index (κ3) is 3.72. The Morgan fingerprint density at radius 1 is 1.08 bits per heavy atom. The second-order valence-electron chi connectivity index (χ2n) is 6.44. The molecule has 0 saturated heterocycles. The highest BCUT2D eigenvalue weighted by Gasteiger charge is 2.27. The molecule has 4 rings (SSSR count). The Balaban J connectivity index is 0.00000196. The van der Waals surface area contributed by atoms with Gasteiger partial charge in [0.2, 0.25) is 0 Å². The van der Waals surface area contributed by atoms with Crippen molar-refractivity contribution in [3.05, 3.63) is 81.5 Å². The zero-order valence-corrected chi connectivity index (χ0v) is 16.5. The standard InChI is InChI=1S/C20H17Cl2N3.ClH/c1-25-11-17(16-9-15(21)10-19(22)18(16)12-25)13-4-2-5-14(8-13)20-6-3-7-23-24-20;/h2-10,17H,11-12H2,1H3;1H/t17-;/m0./s1. The first-order valence-corrected chi connectivity index (χ1v) is 8.92. The van der Waals surface area contributed by atoms with Crippen molar-refractivity contribution in [3.63, 3.8) is 0 Å². The molecule has 1 aliphatic heterocycles. The molecule has 0 aliphatic carbocycles. The molecule has 1 aromatic heterocycles. The van der Waals surface area contributed by atoms with Gasteiger partial charge in [0.05, 0.1) is 5.69 Å². The maximum Gasteiger partial charge on any atom is 0.0929 e. The summed E-state index contributed by atoms with van der Waals surface area (Å²) in [5.74, 6) is 0.224. The van der Waals surface area contributed by atoms with Crippen molar-refractivity contribution < 1.29 is 0 Å². The van der Waals surface area contributed by atoms with E-state index in [1.807, 2.05) is 18.2 Å². The van der Waals surface area contributed by atoms with Crippen molar-refractivity contribution in [3.8, 4) is 11.3 Å². The van der Waals surface area contributed by atoms with Gasteiger partial charge in [-0.2, -0.15) is 10.2 Å². The molecule has 26 heavy (non-hydrogen) atoms. The van der Waals surface area contributed by atoms with Crippen LogP contribution < -0.4 is 0 Å². The fourth-order valence-corrected chi connectivity index (χ4v) is 4.07. The monoisotopic (exact) mass is 405 g/mol. The molecule has 0 N–H and O–H groups in total. The highest BCUT2D eigenvalue weighted by Crippen LogP contribution is 2.39. The normalized spacial score (nSPS) is 16.7. The van der Waals surface area contributed by atoms with Gasteiger partial charge in [-0.1, -0.05) is 41.4 Å². The molecule has 0 amide bonds. The summed E-state index contributed by atoms with van der Waals surface area (Å²) < 4.78 is 0. The molecule has 3 aromatic rings.